The summed E-state index contributed by atoms with van der Waals surface area (Å²) < 4.78 is 1.63. The van der Waals surface area contributed by atoms with E-state index in [2.05, 4.69) is 10.3 Å². The third kappa shape index (κ3) is 3.26. The van der Waals surface area contributed by atoms with Gasteiger partial charge in [0.25, 0.3) is 5.91 Å². The molecule has 0 spiro atoms. The lowest BCUT2D eigenvalue weighted by Crippen LogP contribution is -2.30. The van der Waals surface area contributed by atoms with Crippen LogP contribution in [0.15, 0.2) is 54.6 Å². The average molecular weight is 376 g/mol. The Balaban J connectivity index is 1.55. The summed E-state index contributed by atoms with van der Waals surface area (Å²) in [5.74, 6) is -1.65. The lowest BCUT2D eigenvalue weighted by molar-refractivity contribution is -0.141. The van der Waals surface area contributed by atoms with Gasteiger partial charge in [0, 0.05) is 13.1 Å². The van der Waals surface area contributed by atoms with E-state index in [1.165, 1.54) is 0 Å². The second-order valence-corrected chi connectivity index (χ2v) is 6.92. The van der Waals surface area contributed by atoms with Crippen LogP contribution in [0.2, 0.25) is 0 Å². The van der Waals surface area contributed by atoms with Crippen LogP contribution < -0.4 is 0 Å². The molecular formula is C21H20N4O3. The maximum absolute atomic E-state index is 12.7. The van der Waals surface area contributed by atoms with Gasteiger partial charge in [-0.3, -0.25) is 9.59 Å². The zero-order valence-corrected chi connectivity index (χ0v) is 15.4. The molecule has 0 bridgehead atoms. The molecule has 142 valence electrons. The number of aliphatic carboxylic acids is 1. The maximum Gasteiger partial charge on any atom is 0.308 e. The minimum absolute atomic E-state index is 0.215. The molecule has 0 saturated carbocycles. The van der Waals surface area contributed by atoms with E-state index in [-0.39, 0.29) is 18.1 Å². The van der Waals surface area contributed by atoms with E-state index in [1.54, 1.807) is 16.5 Å². The molecule has 1 unspecified atom stereocenters. The molecule has 28 heavy (non-hydrogen) atoms. The van der Waals surface area contributed by atoms with Crippen molar-refractivity contribution in [3.05, 3.63) is 66.0 Å². The smallest absolute Gasteiger partial charge is 0.308 e. The molecule has 1 aliphatic rings. The van der Waals surface area contributed by atoms with Crippen molar-refractivity contribution in [3.63, 3.8) is 0 Å². The van der Waals surface area contributed by atoms with Crippen LogP contribution in [0, 0.1) is 12.8 Å². The van der Waals surface area contributed by atoms with Crippen LogP contribution in [-0.4, -0.2) is 50.0 Å². The van der Waals surface area contributed by atoms with Crippen molar-refractivity contribution in [1.29, 1.82) is 0 Å². The summed E-state index contributed by atoms with van der Waals surface area (Å²) in [6.45, 7) is 2.43. The number of nitrogens with zero attached hydrogens (tertiary/aromatic N) is 4. The SMILES string of the molecule is Cc1c(C(=O)N2CCC(C(=O)O)C2)nnn1-c1ccc(-c2ccccc2)cc1. The summed E-state index contributed by atoms with van der Waals surface area (Å²) in [4.78, 5) is 25.4. The number of hydrogen-bond acceptors (Lipinski definition) is 4. The van der Waals surface area contributed by atoms with Gasteiger partial charge in [0.15, 0.2) is 5.69 Å². The van der Waals surface area contributed by atoms with E-state index in [1.807, 2.05) is 54.6 Å². The number of rotatable bonds is 4. The first-order valence-corrected chi connectivity index (χ1v) is 9.15. The Morgan fingerprint density at radius 3 is 2.36 bits per heavy atom. The molecule has 4 rings (SSSR count). The molecular weight excluding hydrogens is 356 g/mol. The highest BCUT2D eigenvalue weighted by Crippen LogP contribution is 2.23. The van der Waals surface area contributed by atoms with E-state index in [9.17, 15) is 9.59 Å². The van der Waals surface area contributed by atoms with E-state index < -0.39 is 11.9 Å². The first-order valence-electron chi connectivity index (χ1n) is 9.15. The van der Waals surface area contributed by atoms with E-state index in [0.717, 1.165) is 16.8 Å². The molecule has 1 N–H and O–H groups in total. The molecule has 1 atom stereocenters. The molecule has 1 saturated heterocycles. The number of carbonyl (C=O) groups is 2. The van der Waals surface area contributed by atoms with Gasteiger partial charge in [-0.25, -0.2) is 4.68 Å². The minimum Gasteiger partial charge on any atom is -0.481 e. The Bertz CT molecular complexity index is 1010. The van der Waals surface area contributed by atoms with Gasteiger partial charge in [-0.2, -0.15) is 0 Å². The fraction of sp³-hybridized carbons (Fsp3) is 0.238. The molecule has 1 aliphatic heterocycles. The van der Waals surface area contributed by atoms with Crippen LogP contribution >= 0.6 is 0 Å². The topological polar surface area (TPSA) is 88.3 Å². The summed E-state index contributed by atoms with van der Waals surface area (Å²) in [6.07, 6.45) is 0.467. The molecule has 2 heterocycles. The Hall–Kier alpha value is -3.48. The van der Waals surface area contributed by atoms with Crippen LogP contribution in [-0.2, 0) is 4.79 Å². The number of hydrogen-bond donors (Lipinski definition) is 1. The number of benzene rings is 2. The highest BCUT2D eigenvalue weighted by Gasteiger charge is 2.33. The normalized spacial score (nSPS) is 16.3. The van der Waals surface area contributed by atoms with Crippen LogP contribution in [0.3, 0.4) is 0 Å². The molecule has 3 aromatic rings. The Morgan fingerprint density at radius 2 is 1.71 bits per heavy atom. The van der Waals surface area contributed by atoms with Crippen LogP contribution in [0.4, 0.5) is 0 Å². The summed E-state index contributed by atoms with van der Waals surface area (Å²) in [5, 5.41) is 17.3. The van der Waals surface area contributed by atoms with Crippen molar-refractivity contribution in [1.82, 2.24) is 19.9 Å². The zero-order valence-electron chi connectivity index (χ0n) is 15.4. The van der Waals surface area contributed by atoms with Crippen molar-refractivity contribution in [2.45, 2.75) is 13.3 Å². The fourth-order valence-electron chi connectivity index (χ4n) is 3.49. The third-order valence-electron chi connectivity index (χ3n) is 5.14. The van der Waals surface area contributed by atoms with Gasteiger partial charge in [-0.1, -0.05) is 47.7 Å². The van der Waals surface area contributed by atoms with E-state index >= 15 is 0 Å². The van der Waals surface area contributed by atoms with Crippen LogP contribution in [0.1, 0.15) is 22.6 Å². The molecule has 2 aromatic carbocycles. The monoisotopic (exact) mass is 376 g/mol. The second-order valence-electron chi connectivity index (χ2n) is 6.92. The highest BCUT2D eigenvalue weighted by molar-refractivity contribution is 5.94. The molecule has 0 aliphatic carbocycles. The first kappa shape index (κ1) is 17.9. The largest absolute Gasteiger partial charge is 0.481 e. The molecule has 1 aromatic heterocycles. The predicted molar refractivity (Wildman–Crippen MR) is 103 cm³/mol. The molecule has 7 heteroatoms. The standard InChI is InChI=1S/C21H20N4O3/c1-14-19(20(26)24-12-11-17(13-24)21(27)28)22-23-25(14)18-9-7-16(8-10-18)15-5-3-2-4-6-15/h2-10,17H,11-13H2,1H3,(H,27,28). The number of likely N-dealkylation sites (tertiary alicyclic amines) is 1. The average Bonchev–Trinajstić information content (AvgIpc) is 3.36. The maximum atomic E-state index is 12.7. The number of carboxylic acids is 1. The Kier molecular flexibility index (Phi) is 4.65. The van der Waals surface area contributed by atoms with Gasteiger partial charge in [-0.15, -0.1) is 5.10 Å². The van der Waals surface area contributed by atoms with E-state index in [0.29, 0.717) is 18.7 Å². The molecule has 1 amide bonds. The van der Waals surface area contributed by atoms with Crippen LogP contribution in [0.25, 0.3) is 16.8 Å². The third-order valence-corrected chi connectivity index (χ3v) is 5.14. The predicted octanol–water partition coefficient (Wildman–Crippen LogP) is 2.79. The number of carbonyl (C=O) groups excluding carboxylic acids is 1. The fourth-order valence-corrected chi connectivity index (χ4v) is 3.49. The lowest BCUT2D eigenvalue weighted by Gasteiger charge is -2.14. The van der Waals surface area contributed by atoms with E-state index in [4.69, 9.17) is 5.11 Å². The van der Waals surface area contributed by atoms with Crippen molar-refractivity contribution in [2.24, 2.45) is 5.92 Å². The summed E-state index contributed by atoms with van der Waals surface area (Å²) in [6, 6.07) is 18.0. The number of carboxylic acid groups (broad SMARTS) is 1. The second kappa shape index (κ2) is 7.26. The van der Waals surface area contributed by atoms with Gasteiger partial charge in [0.05, 0.1) is 17.3 Å². The summed E-state index contributed by atoms with van der Waals surface area (Å²) >= 11 is 0. The van der Waals surface area contributed by atoms with Gasteiger partial charge in [0.1, 0.15) is 0 Å². The minimum atomic E-state index is -0.866. The van der Waals surface area contributed by atoms with Crippen molar-refractivity contribution in [3.8, 4) is 16.8 Å². The lowest BCUT2D eigenvalue weighted by atomic mass is 10.1. The summed E-state index contributed by atoms with van der Waals surface area (Å²) in [7, 11) is 0. The van der Waals surface area contributed by atoms with Crippen molar-refractivity contribution >= 4 is 11.9 Å². The molecule has 1 fully saturated rings. The van der Waals surface area contributed by atoms with Crippen molar-refractivity contribution < 1.29 is 14.7 Å². The first-order chi connectivity index (χ1) is 13.5. The van der Waals surface area contributed by atoms with Gasteiger partial charge >= 0.3 is 5.97 Å². The zero-order chi connectivity index (χ0) is 19.7. The van der Waals surface area contributed by atoms with Gasteiger partial charge in [-0.05, 0) is 36.6 Å². The van der Waals surface area contributed by atoms with Gasteiger partial charge in [0.2, 0.25) is 0 Å². The Morgan fingerprint density at radius 1 is 1.04 bits per heavy atom. The molecule has 7 nitrogen and oxygen atoms in total. The number of aromatic nitrogens is 3. The quantitative estimate of drug-likeness (QED) is 0.756. The van der Waals surface area contributed by atoms with Crippen LogP contribution in [0.5, 0.6) is 0 Å². The Labute approximate surface area is 162 Å². The highest BCUT2D eigenvalue weighted by atomic mass is 16.4. The van der Waals surface area contributed by atoms with Crippen molar-refractivity contribution in [2.75, 3.05) is 13.1 Å². The summed E-state index contributed by atoms with van der Waals surface area (Å²) in [5.41, 5.74) is 3.93. The number of amides is 1. The molecule has 0 radical (unpaired) electrons. The van der Waals surface area contributed by atoms with Gasteiger partial charge < -0.3 is 10.0 Å².